The van der Waals surface area contributed by atoms with Crippen molar-refractivity contribution in [1.29, 1.82) is 5.26 Å². The number of carboxylic acids is 1. The highest BCUT2D eigenvalue weighted by Gasteiger charge is 2.45. The van der Waals surface area contributed by atoms with E-state index in [0.717, 1.165) is 5.56 Å². The van der Waals surface area contributed by atoms with Crippen molar-refractivity contribution in [1.82, 2.24) is 4.90 Å². The van der Waals surface area contributed by atoms with Gasteiger partial charge >= 0.3 is 12.1 Å². The number of nitrogens with zero attached hydrogens (tertiary/aromatic N) is 2. The zero-order chi connectivity index (χ0) is 27.4. The summed E-state index contributed by atoms with van der Waals surface area (Å²) >= 11 is 0. The highest BCUT2D eigenvalue weighted by Crippen LogP contribution is 2.41. The van der Waals surface area contributed by atoms with Gasteiger partial charge in [-0.1, -0.05) is 30.3 Å². The molecule has 1 aliphatic heterocycles. The van der Waals surface area contributed by atoms with Crippen LogP contribution < -0.4 is 9.47 Å². The molecule has 0 radical (unpaired) electrons. The quantitative estimate of drug-likeness (QED) is 0.529. The molecule has 0 spiro atoms. The maximum Gasteiger partial charge on any atom is 0.411 e. The number of carboxylic acid groups (broad SMARTS) is 1. The van der Waals surface area contributed by atoms with Gasteiger partial charge in [-0.3, -0.25) is 4.90 Å². The molecule has 2 aromatic rings. The molecular weight excluding hydrogens is 491 g/mol. The van der Waals surface area contributed by atoms with E-state index in [1.165, 1.54) is 17.0 Å². The van der Waals surface area contributed by atoms with Crippen LogP contribution in [0.4, 0.5) is 9.18 Å². The maximum absolute atomic E-state index is 14.7. The molecule has 1 aliphatic carbocycles. The zero-order valence-corrected chi connectivity index (χ0v) is 21.9. The molecule has 4 rings (SSSR count). The van der Waals surface area contributed by atoms with Crippen molar-refractivity contribution in [2.75, 3.05) is 6.54 Å². The molecule has 4 unspecified atom stereocenters. The Labute approximate surface area is 221 Å². The van der Waals surface area contributed by atoms with E-state index in [9.17, 15) is 24.3 Å². The minimum absolute atomic E-state index is 0.00133. The van der Waals surface area contributed by atoms with Crippen LogP contribution in [0.3, 0.4) is 0 Å². The molecule has 1 saturated carbocycles. The third-order valence-corrected chi connectivity index (χ3v) is 7.02. The zero-order valence-electron chi connectivity index (χ0n) is 21.9. The fourth-order valence-corrected chi connectivity index (χ4v) is 5.23. The molecule has 8 nitrogen and oxygen atoms in total. The predicted octanol–water partition coefficient (Wildman–Crippen LogP) is 5.53. The average Bonchev–Trinajstić information content (AvgIpc) is 2.86. The van der Waals surface area contributed by atoms with Gasteiger partial charge in [0.05, 0.1) is 6.10 Å². The monoisotopic (exact) mass is 524 g/mol. The fraction of sp³-hybridized carbons (Fsp3) is 0.483. The molecule has 2 aromatic carbocycles. The molecule has 38 heavy (non-hydrogen) atoms. The lowest BCUT2D eigenvalue weighted by Gasteiger charge is -2.46. The number of ether oxygens (including phenoxy) is 3. The number of nitriles is 1. The van der Waals surface area contributed by atoms with Gasteiger partial charge in [0.15, 0.2) is 0 Å². The lowest BCUT2D eigenvalue weighted by Crippen LogP contribution is -2.56. The van der Waals surface area contributed by atoms with Crippen LogP contribution in [0.25, 0.3) is 0 Å². The summed E-state index contributed by atoms with van der Waals surface area (Å²) in [5.41, 5.74) is 0.00125. The minimum Gasteiger partial charge on any atom is -0.489 e. The van der Waals surface area contributed by atoms with E-state index in [1.54, 1.807) is 20.8 Å². The van der Waals surface area contributed by atoms with Crippen molar-refractivity contribution in [3.05, 3.63) is 59.4 Å². The summed E-state index contributed by atoms with van der Waals surface area (Å²) < 4.78 is 32.1. The number of hydrogen-bond acceptors (Lipinski definition) is 6. The van der Waals surface area contributed by atoms with E-state index in [0.29, 0.717) is 25.8 Å². The minimum atomic E-state index is -1.07. The number of hydrogen-bond donors (Lipinski definition) is 1. The van der Waals surface area contributed by atoms with Crippen LogP contribution in [0.1, 0.15) is 57.6 Å². The van der Waals surface area contributed by atoms with Gasteiger partial charge in [-0.05, 0) is 63.9 Å². The van der Waals surface area contributed by atoms with E-state index in [1.807, 2.05) is 36.4 Å². The number of benzene rings is 2. The third-order valence-electron chi connectivity index (χ3n) is 7.02. The van der Waals surface area contributed by atoms with E-state index in [-0.39, 0.29) is 48.0 Å². The summed E-state index contributed by atoms with van der Waals surface area (Å²) in [4.78, 5) is 26.1. The normalized spacial score (nSPS) is 23.1. The third kappa shape index (κ3) is 6.55. The van der Waals surface area contributed by atoms with Crippen molar-refractivity contribution < 1.29 is 33.3 Å². The van der Waals surface area contributed by atoms with Gasteiger partial charge in [0, 0.05) is 18.7 Å². The smallest absolute Gasteiger partial charge is 0.411 e. The predicted molar refractivity (Wildman–Crippen MR) is 136 cm³/mol. The van der Waals surface area contributed by atoms with Gasteiger partial charge in [-0.15, -0.1) is 0 Å². The highest BCUT2D eigenvalue weighted by molar-refractivity contribution is 5.80. The molecule has 0 bridgehead atoms. The van der Waals surface area contributed by atoms with Crippen LogP contribution >= 0.6 is 0 Å². The van der Waals surface area contributed by atoms with Crippen molar-refractivity contribution in [3.63, 3.8) is 0 Å². The molecule has 0 aromatic heterocycles. The first-order valence-corrected chi connectivity index (χ1v) is 12.8. The summed E-state index contributed by atoms with van der Waals surface area (Å²) in [5.74, 6) is -1.33. The van der Waals surface area contributed by atoms with Gasteiger partial charge in [-0.2, -0.15) is 5.26 Å². The van der Waals surface area contributed by atoms with Crippen LogP contribution in [0.5, 0.6) is 11.5 Å². The average molecular weight is 525 g/mol. The molecule has 1 amide bonds. The SMILES string of the molecule is CC(C)(C)OC(=O)N1CC2CCC(Oc3cc(OCc4ccccc4)cc(F)c3C#N)CC2CC1C(=O)O. The summed E-state index contributed by atoms with van der Waals surface area (Å²) in [6.07, 6.45) is 1.20. The molecule has 1 saturated heterocycles. The molecule has 1 N–H and O–H groups in total. The van der Waals surface area contributed by atoms with Gasteiger partial charge in [0.2, 0.25) is 0 Å². The van der Waals surface area contributed by atoms with Crippen LogP contribution in [0.15, 0.2) is 42.5 Å². The van der Waals surface area contributed by atoms with E-state index in [4.69, 9.17) is 14.2 Å². The first-order valence-electron chi connectivity index (χ1n) is 12.8. The largest absolute Gasteiger partial charge is 0.489 e. The van der Waals surface area contributed by atoms with Crippen molar-refractivity contribution >= 4 is 12.1 Å². The number of amides is 1. The number of carbonyl (C=O) groups excluding carboxylic acids is 1. The number of rotatable bonds is 6. The number of aliphatic carboxylic acids is 1. The molecule has 4 atom stereocenters. The molecule has 202 valence electrons. The highest BCUT2D eigenvalue weighted by atomic mass is 19.1. The fourth-order valence-electron chi connectivity index (χ4n) is 5.23. The Morgan fingerprint density at radius 2 is 1.87 bits per heavy atom. The first kappa shape index (κ1) is 27.2. The number of likely N-dealkylation sites (tertiary alicyclic amines) is 1. The second-order valence-electron chi connectivity index (χ2n) is 11.0. The summed E-state index contributed by atoms with van der Waals surface area (Å²) in [7, 11) is 0. The summed E-state index contributed by atoms with van der Waals surface area (Å²) in [5, 5.41) is 19.4. The van der Waals surface area contributed by atoms with Crippen molar-refractivity contribution in [3.8, 4) is 17.6 Å². The van der Waals surface area contributed by atoms with E-state index in [2.05, 4.69) is 0 Å². The van der Waals surface area contributed by atoms with Gasteiger partial charge in [0.1, 0.15) is 47.2 Å². The Bertz CT molecular complexity index is 1210. The van der Waals surface area contributed by atoms with Crippen molar-refractivity contribution in [2.24, 2.45) is 11.8 Å². The number of halogens is 1. The number of fused-ring (bicyclic) bond motifs is 1. The maximum atomic E-state index is 14.7. The topological polar surface area (TPSA) is 109 Å². The molecule has 2 aliphatic rings. The first-order chi connectivity index (χ1) is 18.0. The lowest BCUT2D eigenvalue weighted by atomic mass is 9.72. The van der Waals surface area contributed by atoms with Gasteiger partial charge in [0.25, 0.3) is 0 Å². The van der Waals surface area contributed by atoms with Gasteiger partial charge in [-0.25, -0.2) is 14.0 Å². The lowest BCUT2D eigenvalue weighted by molar-refractivity contribution is -0.147. The van der Waals surface area contributed by atoms with E-state index >= 15 is 0 Å². The number of piperidine rings is 1. The molecule has 1 heterocycles. The molecule has 9 heteroatoms. The summed E-state index contributed by atoms with van der Waals surface area (Å²) in [6.45, 7) is 5.77. The second-order valence-corrected chi connectivity index (χ2v) is 11.0. The van der Waals surface area contributed by atoms with Crippen LogP contribution in [0.2, 0.25) is 0 Å². The molecule has 2 fully saturated rings. The van der Waals surface area contributed by atoms with Crippen LogP contribution in [0, 0.1) is 29.0 Å². The van der Waals surface area contributed by atoms with Crippen molar-refractivity contribution in [2.45, 2.75) is 70.8 Å². The Hall–Kier alpha value is -3.80. The second kappa shape index (κ2) is 11.3. The van der Waals surface area contributed by atoms with Gasteiger partial charge < -0.3 is 19.3 Å². The van der Waals surface area contributed by atoms with Crippen LogP contribution in [-0.4, -0.2) is 46.4 Å². The number of carbonyl (C=O) groups is 2. The Kier molecular flexibility index (Phi) is 8.10. The Morgan fingerprint density at radius 1 is 1.13 bits per heavy atom. The summed E-state index contributed by atoms with van der Waals surface area (Å²) in [6, 6.07) is 13.0. The molecular formula is C29H33FN2O6. The van der Waals surface area contributed by atoms with E-state index < -0.39 is 29.5 Å². The van der Waals surface area contributed by atoms with Crippen LogP contribution in [-0.2, 0) is 16.1 Å². The Balaban J connectivity index is 1.45. The Morgan fingerprint density at radius 3 is 2.53 bits per heavy atom. The standard InChI is InChI=1S/C29H33FN2O6/c1-29(2,3)38-28(35)32-16-19-9-10-21(11-20(19)12-25(32)27(33)34)37-26-14-22(13-24(30)23(26)15-31)36-17-18-7-5-4-6-8-18/h4-8,13-14,19-21,25H,9-12,16-17H2,1-3H3,(H,33,34).